The van der Waals surface area contributed by atoms with Gasteiger partial charge in [0.25, 0.3) is 0 Å². The Morgan fingerprint density at radius 1 is 1.00 bits per heavy atom. The van der Waals surface area contributed by atoms with Gasteiger partial charge in [-0.2, -0.15) is 4.98 Å². The van der Waals surface area contributed by atoms with E-state index in [2.05, 4.69) is 68.0 Å². The Bertz CT molecular complexity index is 915. The standard InChI is InChI=1S/C22H30N6O/c1-3-4-5-6-15-29-22-19-21(24-16-23-19)25-20(26-22)17-7-9-18(10-8-17)28-13-11-27(2)12-14-28/h7-10,16H,3-6,11-15H2,1-2H3,(H,23,24,25,26). The first kappa shape index (κ1) is 19.6. The average molecular weight is 395 g/mol. The first-order chi connectivity index (χ1) is 14.2. The van der Waals surface area contributed by atoms with E-state index in [0.29, 0.717) is 24.0 Å². The summed E-state index contributed by atoms with van der Waals surface area (Å²) >= 11 is 0. The number of ether oxygens (including phenoxy) is 1. The Hall–Kier alpha value is -2.67. The van der Waals surface area contributed by atoms with Crippen molar-refractivity contribution in [1.82, 2.24) is 24.8 Å². The molecule has 7 nitrogen and oxygen atoms in total. The van der Waals surface area contributed by atoms with Crippen LogP contribution in [0.2, 0.25) is 0 Å². The molecule has 0 spiro atoms. The molecule has 1 aliphatic rings. The van der Waals surface area contributed by atoms with Crippen molar-refractivity contribution in [3.63, 3.8) is 0 Å². The van der Waals surface area contributed by atoms with Crippen LogP contribution in [-0.4, -0.2) is 64.7 Å². The number of nitrogens with one attached hydrogen (secondary N) is 1. The number of piperazine rings is 1. The zero-order chi connectivity index (χ0) is 20.1. The largest absolute Gasteiger partial charge is 0.476 e. The van der Waals surface area contributed by atoms with E-state index in [1.807, 2.05) is 0 Å². The normalized spacial score (nSPS) is 15.2. The van der Waals surface area contributed by atoms with E-state index in [1.165, 1.54) is 24.9 Å². The molecule has 1 aliphatic heterocycles. The van der Waals surface area contributed by atoms with Gasteiger partial charge in [-0.05, 0) is 37.7 Å². The predicted octanol–water partition coefficient (Wildman–Crippen LogP) is 3.73. The minimum Gasteiger partial charge on any atom is -0.476 e. The van der Waals surface area contributed by atoms with Crippen molar-refractivity contribution in [3.05, 3.63) is 30.6 Å². The summed E-state index contributed by atoms with van der Waals surface area (Å²) in [5.74, 6) is 1.24. The van der Waals surface area contributed by atoms with Crippen LogP contribution in [0.4, 0.5) is 5.69 Å². The number of imidazole rings is 1. The molecule has 29 heavy (non-hydrogen) atoms. The molecule has 0 amide bonds. The van der Waals surface area contributed by atoms with E-state index in [0.717, 1.165) is 43.7 Å². The van der Waals surface area contributed by atoms with Gasteiger partial charge < -0.3 is 19.5 Å². The molecule has 1 fully saturated rings. The third kappa shape index (κ3) is 4.67. The lowest BCUT2D eigenvalue weighted by Crippen LogP contribution is -2.44. The number of H-pyrrole nitrogens is 1. The first-order valence-corrected chi connectivity index (χ1v) is 10.6. The Morgan fingerprint density at radius 3 is 2.55 bits per heavy atom. The molecule has 0 radical (unpaired) electrons. The molecular weight excluding hydrogens is 364 g/mol. The summed E-state index contributed by atoms with van der Waals surface area (Å²) in [6, 6.07) is 8.49. The minimum absolute atomic E-state index is 0.585. The zero-order valence-corrected chi connectivity index (χ0v) is 17.4. The van der Waals surface area contributed by atoms with Crippen molar-refractivity contribution < 1.29 is 4.74 Å². The van der Waals surface area contributed by atoms with E-state index < -0.39 is 0 Å². The second kappa shape index (κ2) is 9.22. The molecule has 1 saturated heterocycles. The number of benzene rings is 1. The highest BCUT2D eigenvalue weighted by molar-refractivity contribution is 5.78. The van der Waals surface area contributed by atoms with Crippen LogP contribution in [-0.2, 0) is 0 Å². The molecule has 154 valence electrons. The van der Waals surface area contributed by atoms with Crippen LogP contribution in [0.5, 0.6) is 5.88 Å². The van der Waals surface area contributed by atoms with Crippen molar-refractivity contribution in [1.29, 1.82) is 0 Å². The fourth-order valence-corrected chi connectivity index (χ4v) is 3.62. The SMILES string of the molecule is CCCCCCOc1nc(-c2ccc(N3CCN(C)CC3)cc2)nc2nc[nH]c12. The molecule has 1 aromatic carbocycles. The summed E-state index contributed by atoms with van der Waals surface area (Å²) in [6.07, 6.45) is 6.30. The van der Waals surface area contributed by atoms with Gasteiger partial charge in [-0.1, -0.05) is 26.2 Å². The molecule has 0 atom stereocenters. The van der Waals surface area contributed by atoms with Crippen LogP contribution in [0, 0.1) is 0 Å². The topological polar surface area (TPSA) is 70.2 Å². The minimum atomic E-state index is 0.585. The van der Waals surface area contributed by atoms with Crippen molar-refractivity contribution in [2.24, 2.45) is 0 Å². The molecule has 1 N–H and O–H groups in total. The summed E-state index contributed by atoms with van der Waals surface area (Å²) in [6.45, 7) is 7.18. The number of nitrogens with zero attached hydrogens (tertiary/aromatic N) is 5. The highest BCUT2D eigenvalue weighted by Crippen LogP contribution is 2.26. The molecular formula is C22H30N6O. The first-order valence-electron chi connectivity index (χ1n) is 10.6. The summed E-state index contributed by atoms with van der Waals surface area (Å²) < 4.78 is 5.98. The molecule has 3 aromatic rings. The molecule has 4 rings (SSSR count). The monoisotopic (exact) mass is 394 g/mol. The van der Waals surface area contributed by atoms with Gasteiger partial charge in [-0.25, -0.2) is 9.97 Å². The lowest BCUT2D eigenvalue weighted by Gasteiger charge is -2.34. The van der Waals surface area contributed by atoms with Crippen LogP contribution < -0.4 is 9.64 Å². The molecule has 7 heteroatoms. The lowest BCUT2D eigenvalue weighted by atomic mass is 10.1. The molecule has 0 aliphatic carbocycles. The lowest BCUT2D eigenvalue weighted by molar-refractivity contribution is 0.297. The van der Waals surface area contributed by atoms with Gasteiger partial charge in [0.2, 0.25) is 5.88 Å². The Balaban J connectivity index is 1.51. The third-order valence-electron chi connectivity index (χ3n) is 5.48. The van der Waals surface area contributed by atoms with E-state index in [-0.39, 0.29) is 0 Å². The van der Waals surface area contributed by atoms with Crippen molar-refractivity contribution in [2.75, 3.05) is 44.7 Å². The smallest absolute Gasteiger partial charge is 0.243 e. The maximum Gasteiger partial charge on any atom is 0.243 e. The number of hydrogen-bond acceptors (Lipinski definition) is 6. The van der Waals surface area contributed by atoms with Crippen LogP contribution in [0.25, 0.3) is 22.6 Å². The highest BCUT2D eigenvalue weighted by atomic mass is 16.5. The van der Waals surface area contributed by atoms with Crippen molar-refractivity contribution in [2.45, 2.75) is 32.6 Å². The van der Waals surface area contributed by atoms with Crippen LogP contribution in [0.3, 0.4) is 0 Å². The number of anilines is 1. The van der Waals surface area contributed by atoms with Crippen LogP contribution >= 0.6 is 0 Å². The molecule has 3 heterocycles. The zero-order valence-electron chi connectivity index (χ0n) is 17.4. The van der Waals surface area contributed by atoms with Gasteiger partial charge in [0, 0.05) is 37.4 Å². The van der Waals surface area contributed by atoms with E-state index in [9.17, 15) is 0 Å². The molecule has 2 aromatic heterocycles. The van der Waals surface area contributed by atoms with E-state index >= 15 is 0 Å². The van der Waals surface area contributed by atoms with Crippen LogP contribution in [0.15, 0.2) is 30.6 Å². The fourth-order valence-electron chi connectivity index (χ4n) is 3.62. The molecule has 0 unspecified atom stereocenters. The maximum atomic E-state index is 5.98. The summed E-state index contributed by atoms with van der Waals surface area (Å²) in [4.78, 5) is 21.5. The van der Waals surface area contributed by atoms with Crippen molar-refractivity contribution in [3.8, 4) is 17.3 Å². The van der Waals surface area contributed by atoms with Gasteiger partial charge in [-0.15, -0.1) is 0 Å². The third-order valence-corrected chi connectivity index (χ3v) is 5.48. The van der Waals surface area contributed by atoms with E-state index in [1.54, 1.807) is 6.33 Å². The molecule has 0 saturated carbocycles. The Kier molecular flexibility index (Phi) is 6.24. The molecule has 0 bridgehead atoms. The van der Waals surface area contributed by atoms with Crippen molar-refractivity contribution >= 4 is 16.9 Å². The summed E-state index contributed by atoms with van der Waals surface area (Å²) in [7, 11) is 2.17. The van der Waals surface area contributed by atoms with Gasteiger partial charge in [0.1, 0.15) is 5.52 Å². The summed E-state index contributed by atoms with van der Waals surface area (Å²) in [5.41, 5.74) is 3.62. The number of unbranched alkanes of at least 4 members (excludes halogenated alkanes) is 3. The number of aromatic nitrogens is 4. The average Bonchev–Trinajstić information content (AvgIpc) is 3.23. The predicted molar refractivity (Wildman–Crippen MR) is 116 cm³/mol. The fraction of sp³-hybridized carbons (Fsp3) is 0.500. The maximum absolute atomic E-state index is 5.98. The second-order valence-corrected chi connectivity index (χ2v) is 7.70. The Labute approximate surface area is 172 Å². The van der Waals surface area contributed by atoms with Gasteiger partial charge in [0.15, 0.2) is 11.5 Å². The van der Waals surface area contributed by atoms with Gasteiger partial charge in [0.05, 0.1) is 12.9 Å². The van der Waals surface area contributed by atoms with Crippen LogP contribution in [0.1, 0.15) is 32.6 Å². The summed E-state index contributed by atoms with van der Waals surface area (Å²) in [5, 5.41) is 0. The van der Waals surface area contributed by atoms with E-state index in [4.69, 9.17) is 4.74 Å². The second-order valence-electron chi connectivity index (χ2n) is 7.70. The number of rotatable bonds is 8. The highest BCUT2D eigenvalue weighted by Gasteiger charge is 2.16. The number of fused-ring (bicyclic) bond motifs is 1. The van der Waals surface area contributed by atoms with Gasteiger partial charge >= 0.3 is 0 Å². The number of hydrogen-bond donors (Lipinski definition) is 1. The quantitative estimate of drug-likeness (QED) is 0.587. The van der Waals surface area contributed by atoms with Gasteiger partial charge in [-0.3, -0.25) is 0 Å². The number of likely N-dealkylation sites (N-methyl/N-ethyl adjacent to an activating group) is 1. The number of aromatic amines is 1. The Morgan fingerprint density at radius 2 is 1.79 bits per heavy atom.